The Morgan fingerprint density at radius 1 is 0.627 bits per heavy atom. The van der Waals surface area contributed by atoms with Crippen LogP contribution in [0.15, 0.2) is 133 Å². The molecule has 1 heterocycles. The third-order valence-electron chi connectivity index (χ3n) is 9.21. The third-order valence-corrected chi connectivity index (χ3v) is 9.57. The van der Waals surface area contributed by atoms with Crippen LogP contribution in [0.4, 0.5) is 0 Å². The van der Waals surface area contributed by atoms with Crippen molar-refractivity contribution < 1.29 is 33.9 Å². The van der Waals surface area contributed by atoms with Gasteiger partial charge in [-0.15, -0.1) is 0 Å². The predicted molar refractivity (Wildman–Crippen MR) is 198 cm³/mol. The molecule has 1 aliphatic rings. The first-order valence-corrected chi connectivity index (χ1v) is 17.8. The number of halogens is 1. The van der Waals surface area contributed by atoms with E-state index in [0.717, 1.165) is 39.1 Å². The molecule has 0 spiro atoms. The standard InChI is InChI=1S/C43H45ClO7/c1-2-47-37-21-18-31(19-22-37)24-36-25-35(20-23-38(36)44)39-40(48-26-32-12-6-3-7-13-32)41(49-27-33-14-8-4-9-15-33)42(43(29-45,30-46)51-39)50-28-34-16-10-5-11-17-34/h3-23,25,39-42,45-46H,2,24,26-30H2,1H3/t39-,40-,41+,42?/m0/s1. The lowest BCUT2D eigenvalue weighted by molar-refractivity contribution is -0.318. The van der Waals surface area contributed by atoms with E-state index in [9.17, 15) is 10.2 Å². The Bertz CT molecular complexity index is 1770. The summed E-state index contributed by atoms with van der Waals surface area (Å²) in [5, 5.41) is 22.7. The van der Waals surface area contributed by atoms with E-state index < -0.39 is 43.2 Å². The van der Waals surface area contributed by atoms with Crippen molar-refractivity contribution in [2.75, 3.05) is 19.8 Å². The van der Waals surface area contributed by atoms with Gasteiger partial charge in [-0.3, -0.25) is 0 Å². The van der Waals surface area contributed by atoms with Gasteiger partial charge in [0.25, 0.3) is 0 Å². The van der Waals surface area contributed by atoms with Crippen LogP contribution < -0.4 is 4.74 Å². The summed E-state index contributed by atoms with van der Waals surface area (Å²) < 4.78 is 32.6. The summed E-state index contributed by atoms with van der Waals surface area (Å²) in [6.07, 6.45) is -2.56. The molecular formula is C43H45ClO7. The molecule has 2 N–H and O–H groups in total. The minimum atomic E-state index is -1.53. The highest BCUT2D eigenvalue weighted by Crippen LogP contribution is 2.44. The molecule has 0 aromatic heterocycles. The monoisotopic (exact) mass is 708 g/mol. The summed E-state index contributed by atoms with van der Waals surface area (Å²) in [5.41, 5.74) is 4.09. The number of hydrogen-bond acceptors (Lipinski definition) is 7. The number of hydrogen-bond donors (Lipinski definition) is 2. The van der Waals surface area contributed by atoms with Crippen molar-refractivity contribution in [3.63, 3.8) is 0 Å². The lowest BCUT2D eigenvalue weighted by Gasteiger charge is -2.52. The van der Waals surface area contributed by atoms with Gasteiger partial charge in [0, 0.05) is 5.02 Å². The van der Waals surface area contributed by atoms with E-state index in [4.69, 9.17) is 35.3 Å². The van der Waals surface area contributed by atoms with Gasteiger partial charge in [0.1, 0.15) is 35.8 Å². The van der Waals surface area contributed by atoms with Crippen LogP contribution in [0.1, 0.15) is 46.4 Å². The van der Waals surface area contributed by atoms with E-state index in [1.54, 1.807) is 0 Å². The minimum Gasteiger partial charge on any atom is -0.494 e. The second-order valence-corrected chi connectivity index (χ2v) is 13.2. The zero-order valence-corrected chi connectivity index (χ0v) is 29.5. The summed E-state index contributed by atoms with van der Waals surface area (Å²) >= 11 is 6.80. The molecule has 0 amide bonds. The molecule has 51 heavy (non-hydrogen) atoms. The van der Waals surface area contributed by atoms with Crippen LogP contribution in [0.5, 0.6) is 5.75 Å². The molecule has 5 aromatic carbocycles. The first-order valence-electron chi connectivity index (χ1n) is 17.4. The van der Waals surface area contributed by atoms with Gasteiger partial charge in [0.05, 0.1) is 39.6 Å². The van der Waals surface area contributed by atoms with E-state index >= 15 is 0 Å². The van der Waals surface area contributed by atoms with Crippen LogP contribution in [0, 0.1) is 0 Å². The van der Waals surface area contributed by atoms with E-state index in [-0.39, 0.29) is 19.8 Å². The maximum atomic E-state index is 11.0. The van der Waals surface area contributed by atoms with Crippen molar-refractivity contribution in [2.45, 2.75) is 63.2 Å². The Balaban J connectivity index is 1.39. The van der Waals surface area contributed by atoms with Crippen LogP contribution in [-0.4, -0.2) is 53.9 Å². The predicted octanol–water partition coefficient (Wildman–Crippen LogP) is 7.88. The summed E-state index contributed by atoms with van der Waals surface area (Å²) in [7, 11) is 0. The van der Waals surface area contributed by atoms with Gasteiger partial charge in [-0.1, -0.05) is 127 Å². The SMILES string of the molecule is CCOc1ccc(Cc2cc([C@@H]3OC(CO)(CO)C(OCc4ccccc4)[C@H](OCc4ccccc4)[C@H]3OCc3ccccc3)ccc2Cl)cc1. The zero-order chi connectivity index (χ0) is 35.5. The Kier molecular flexibility index (Phi) is 12.9. The highest BCUT2D eigenvalue weighted by molar-refractivity contribution is 6.31. The fraction of sp³-hybridized carbons (Fsp3) is 0.302. The second-order valence-electron chi connectivity index (χ2n) is 12.8. The maximum absolute atomic E-state index is 11.0. The largest absolute Gasteiger partial charge is 0.494 e. The lowest BCUT2D eigenvalue weighted by atomic mass is 9.82. The summed E-state index contributed by atoms with van der Waals surface area (Å²) in [6.45, 7) is 2.28. The smallest absolute Gasteiger partial charge is 0.144 e. The zero-order valence-electron chi connectivity index (χ0n) is 28.8. The van der Waals surface area contributed by atoms with E-state index in [1.807, 2.05) is 140 Å². The second kappa shape index (κ2) is 17.9. The van der Waals surface area contributed by atoms with Crippen molar-refractivity contribution in [1.29, 1.82) is 0 Å². The molecule has 7 nitrogen and oxygen atoms in total. The Labute approximate surface area is 305 Å². The molecule has 0 saturated carbocycles. The van der Waals surface area contributed by atoms with Crippen molar-refractivity contribution in [3.05, 3.63) is 172 Å². The van der Waals surface area contributed by atoms with E-state index in [0.29, 0.717) is 18.1 Å². The summed E-state index contributed by atoms with van der Waals surface area (Å²) in [6, 6.07) is 43.3. The molecule has 1 aliphatic heterocycles. The van der Waals surface area contributed by atoms with Gasteiger partial charge in [0.15, 0.2) is 0 Å². The van der Waals surface area contributed by atoms with Crippen LogP contribution >= 0.6 is 11.6 Å². The first-order chi connectivity index (χ1) is 25.0. The molecule has 1 fully saturated rings. The third kappa shape index (κ3) is 9.25. The molecule has 0 aliphatic carbocycles. The fourth-order valence-electron chi connectivity index (χ4n) is 6.50. The van der Waals surface area contributed by atoms with E-state index in [2.05, 4.69) is 0 Å². The van der Waals surface area contributed by atoms with Crippen molar-refractivity contribution >= 4 is 11.6 Å². The lowest BCUT2D eigenvalue weighted by Crippen LogP contribution is -2.66. The molecule has 8 heteroatoms. The molecular weight excluding hydrogens is 664 g/mol. The maximum Gasteiger partial charge on any atom is 0.144 e. The number of aliphatic hydroxyl groups excluding tert-OH is 2. The Morgan fingerprint density at radius 2 is 1.16 bits per heavy atom. The highest BCUT2D eigenvalue weighted by Gasteiger charge is 2.57. The number of ether oxygens (including phenoxy) is 5. The molecule has 5 aromatic rings. The molecule has 6 rings (SSSR count). The molecule has 4 atom stereocenters. The van der Waals surface area contributed by atoms with E-state index in [1.165, 1.54) is 0 Å². The van der Waals surface area contributed by atoms with Gasteiger partial charge in [-0.25, -0.2) is 0 Å². The topological polar surface area (TPSA) is 86.6 Å². The van der Waals surface area contributed by atoms with Gasteiger partial charge >= 0.3 is 0 Å². The Morgan fingerprint density at radius 3 is 1.69 bits per heavy atom. The van der Waals surface area contributed by atoms with Gasteiger partial charge in [-0.2, -0.15) is 0 Å². The molecule has 1 saturated heterocycles. The normalized spacial score (nSPS) is 19.8. The van der Waals surface area contributed by atoms with Crippen LogP contribution in [-0.2, 0) is 45.2 Å². The fourth-order valence-corrected chi connectivity index (χ4v) is 6.68. The van der Waals surface area contributed by atoms with Crippen molar-refractivity contribution in [3.8, 4) is 5.75 Å². The molecule has 0 bridgehead atoms. The Hall–Kier alpha value is -4.05. The van der Waals surface area contributed by atoms with Crippen molar-refractivity contribution in [2.24, 2.45) is 0 Å². The van der Waals surface area contributed by atoms with Gasteiger partial charge in [0.2, 0.25) is 0 Å². The number of aliphatic hydroxyl groups is 2. The average molecular weight is 709 g/mol. The summed E-state index contributed by atoms with van der Waals surface area (Å²) in [5.74, 6) is 0.810. The van der Waals surface area contributed by atoms with Crippen LogP contribution in [0.25, 0.3) is 0 Å². The minimum absolute atomic E-state index is 0.213. The highest BCUT2D eigenvalue weighted by atomic mass is 35.5. The molecule has 1 unspecified atom stereocenters. The number of rotatable bonds is 16. The summed E-state index contributed by atoms with van der Waals surface area (Å²) in [4.78, 5) is 0. The first kappa shape index (κ1) is 36.7. The quantitative estimate of drug-likeness (QED) is 0.108. The number of benzene rings is 5. The van der Waals surface area contributed by atoms with Crippen molar-refractivity contribution in [1.82, 2.24) is 0 Å². The average Bonchev–Trinajstić information content (AvgIpc) is 3.18. The van der Waals surface area contributed by atoms with Gasteiger partial charge in [-0.05, 0) is 64.9 Å². The van der Waals surface area contributed by atoms with Crippen LogP contribution in [0.2, 0.25) is 5.02 Å². The molecule has 266 valence electrons. The van der Waals surface area contributed by atoms with Crippen LogP contribution in [0.3, 0.4) is 0 Å². The van der Waals surface area contributed by atoms with Gasteiger partial charge < -0.3 is 33.9 Å². The molecule has 0 radical (unpaired) electrons.